The molecule has 0 aromatic heterocycles. The summed E-state index contributed by atoms with van der Waals surface area (Å²) in [5.74, 6) is -6.90. The summed E-state index contributed by atoms with van der Waals surface area (Å²) < 4.78 is 16.0. The second-order valence-electron chi connectivity index (χ2n) is 13.2. The van der Waals surface area contributed by atoms with Crippen molar-refractivity contribution in [3.63, 3.8) is 0 Å². The van der Waals surface area contributed by atoms with Crippen LogP contribution in [0.15, 0.2) is 24.3 Å². The zero-order chi connectivity index (χ0) is 34.1. The Morgan fingerprint density at radius 3 is 1.91 bits per heavy atom. The van der Waals surface area contributed by atoms with Gasteiger partial charge in [-0.2, -0.15) is 0 Å². The fourth-order valence-electron chi connectivity index (χ4n) is 8.01. The zero-order valence-electron chi connectivity index (χ0n) is 26.8. The number of carbonyl (C=O) groups excluding carboxylic acids is 4. The summed E-state index contributed by atoms with van der Waals surface area (Å²) in [5.41, 5.74) is -8.47. The second kappa shape index (κ2) is 13.7. The lowest BCUT2D eigenvalue weighted by Gasteiger charge is -2.44. The molecule has 2 saturated heterocycles. The Labute approximate surface area is 268 Å². The van der Waals surface area contributed by atoms with Crippen LogP contribution in [0, 0.1) is 23.7 Å². The largest absolute Gasteiger partial charge is 0.467 e. The number of hydrogen-bond acceptors (Lipinski definition) is 12. The van der Waals surface area contributed by atoms with E-state index >= 15 is 0 Å². The highest BCUT2D eigenvalue weighted by molar-refractivity contribution is 5.97. The molecule has 2 fully saturated rings. The first-order valence-corrected chi connectivity index (χ1v) is 15.8. The van der Waals surface area contributed by atoms with Crippen molar-refractivity contribution in [1.82, 2.24) is 10.6 Å². The monoisotopic (exact) mass is 652 g/mol. The van der Waals surface area contributed by atoms with Gasteiger partial charge < -0.3 is 50.4 Å². The average Bonchev–Trinajstić information content (AvgIpc) is 3.38. The van der Waals surface area contributed by atoms with Crippen LogP contribution >= 0.6 is 0 Å². The van der Waals surface area contributed by atoms with Crippen LogP contribution in [0.5, 0.6) is 0 Å². The van der Waals surface area contributed by atoms with E-state index in [4.69, 9.17) is 14.2 Å². The fourth-order valence-corrected chi connectivity index (χ4v) is 8.01. The van der Waals surface area contributed by atoms with Gasteiger partial charge in [0.15, 0.2) is 11.1 Å². The molecule has 11 atom stereocenters. The average molecular weight is 653 g/mol. The third-order valence-electron chi connectivity index (χ3n) is 10.7. The molecule has 7 N–H and O–H groups in total. The van der Waals surface area contributed by atoms with E-state index in [2.05, 4.69) is 10.6 Å². The molecule has 0 aromatic carbocycles. The maximum absolute atomic E-state index is 13.2. The molecule has 2 aliphatic carbocycles. The van der Waals surface area contributed by atoms with Gasteiger partial charge in [0.1, 0.15) is 11.2 Å². The minimum Gasteiger partial charge on any atom is -0.467 e. The van der Waals surface area contributed by atoms with Gasteiger partial charge in [0.2, 0.25) is 11.8 Å². The summed E-state index contributed by atoms with van der Waals surface area (Å²) >= 11 is 0. The Balaban J connectivity index is 1.47. The summed E-state index contributed by atoms with van der Waals surface area (Å²) in [6.07, 6.45) is 6.07. The predicted octanol–water partition coefficient (Wildman–Crippen LogP) is -0.994. The van der Waals surface area contributed by atoms with Gasteiger partial charge in [-0.25, -0.2) is 9.59 Å². The Morgan fingerprint density at radius 1 is 0.891 bits per heavy atom. The first-order valence-electron chi connectivity index (χ1n) is 15.8. The van der Waals surface area contributed by atoms with Gasteiger partial charge in [0, 0.05) is 25.0 Å². The first kappa shape index (κ1) is 36.0. The number of amides is 2. The van der Waals surface area contributed by atoms with Crippen molar-refractivity contribution >= 4 is 23.8 Å². The van der Waals surface area contributed by atoms with Crippen molar-refractivity contribution < 1.29 is 58.9 Å². The lowest BCUT2D eigenvalue weighted by atomic mass is 9.68. The van der Waals surface area contributed by atoms with E-state index < -0.39 is 94.6 Å². The van der Waals surface area contributed by atoms with Gasteiger partial charge in [-0.05, 0) is 58.8 Å². The van der Waals surface area contributed by atoms with Crippen molar-refractivity contribution in [2.75, 3.05) is 27.4 Å². The Morgan fingerprint density at radius 2 is 1.41 bits per heavy atom. The van der Waals surface area contributed by atoms with Crippen molar-refractivity contribution in [1.29, 1.82) is 0 Å². The summed E-state index contributed by atoms with van der Waals surface area (Å²) in [4.78, 5) is 52.3. The van der Waals surface area contributed by atoms with Crippen LogP contribution in [0.4, 0.5) is 0 Å². The second-order valence-corrected chi connectivity index (χ2v) is 13.2. The highest BCUT2D eigenvalue weighted by Crippen LogP contribution is 2.46. The Kier molecular flexibility index (Phi) is 10.7. The van der Waals surface area contributed by atoms with Crippen LogP contribution in [-0.2, 0) is 33.4 Å². The van der Waals surface area contributed by atoms with E-state index in [1.807, 2.05) is 6.08 Å². The predicted molar refractivity (Wildman–Crippen MR) is 160 cm³/mol. The van der Waals surface area contributed by atoms with Crippen LogP contribution < -0.4 is 10.6 Å². The number of aliphatic hydroxyl groups excluding tert-OH is 3. The Bertz CT molecular complexity index is 1230. The van der Waals surface area contributed by atoms with Gasteiger partial charge in [0.25, 0.3) is 0 Å². The molecule has 0 saturated carbocycles. The SMILES string of the molecule is COC(=O)[C@]1(C(O)[C@@H]2C=CCCC2)NC(=O)[C@H](CCOC2CC=C[C@@H]([C@H](O)[C@@]3(C(=O)OC)NC(=O)[C@H](CCO)[C@]3(C)O)C2)[C@]1(C)O. The zero-order valence-corrected chi connectivity index (χ0v) is 26.8. The molecular weight excluding hydrogens is 604 g/mol. The number of carbonyl (C=O) groups is 4. The lowest BCUT2D eigenvalue weighted by Crippen LogP contribution is -2.70. The number of rotatable bonds is 12. The molecule has 4 rings (SSSR count). The van der Waals surface area contributed by atoms with Crippen LogP contribution in [-0.4, -0.2) is 117 Å². The van der Waals surface area contributed by atoms with E-state index in [1.165, 1.54) is 13.8 Å². The molecule has 2 heterocycles. The lowest BCUT2D eigenvalue weighted by molar-refractivity contribution is -0.175. The number of ether oxygens (including phenoxy) is 3. The third-order valence-corrected chi connectivity index (χ3v) is 10.7. The van der Waals surface area contributed by atoms with Gasteiger partial charge in [0.05, 0.1) is 44.4 Å². The molecule has 46 heavy (non-hydrogen) atoms. The van der Waals surface area contributed by atoms with Gasteiger partial charge >= 0.3 is 11.9 Å². The minimum atomic E-state index is -2.22. The summed E-state index contributed by atoms with van der Waals surface area (Å²) in [6.45, 7) is 2.11. The smallest absolute Gasteiger partial charge is 0.337 e. The van der Waals surface area contributed by atoms with Crippen LogP contribution in [0.25, 0.3) is 0 Å². The van der Waals surface area contributed by atoms with Gasteiger partial charge in [-0.3, -0.25) is 9.59 Å². The quantitative estimate of drug-likeness (QED) is 0.0998. The molecule has 0 bridgehead atoms. The highest BCUT2D eigenvalue weighted by Gasteiger charge is 2.71. The van der Waals surface area contributed by atoms with E-state index in [0.717, 1.165) is 27.1 Å². The molecular formula is C32H48N2O12. The van der Waals surface area contributed by atoms with Crippen molar-refractivity contribution in [2.24, 2.45) is 23.7 Å². The summed E-state index contributed by atoms with van der Waals surface area (Å²) in [5, 5.41) is 60.7. The molecule has 14 nitrogen and oxygen atoms in total. The van der Waals surface area contributed by atoms with Crippen molar-refractivity contribution in [2.45, 2.75) is 99.4 Å². The van der Waals surface area contributed by atoms with Gasteiger partial charge in [-0.15, -0.1) is 0 Å². The third kappa shape index (κ3) is 5.66. The van der Waals surface area contributed by atoms with Crippen LogP contribution in [0.3, 0.4) is 0 Å². The number of allylic oxidation sites excluding steroid dienone is 1. The highest BCUT2D eigenvalue weighted by atomic mass is 16.5. The fraction of sp³-hybridized carbons (Fsp3) is 0.750. The molecule has 0 aromatic rings. The van der Waals surface area contributed by atoms with Crippen LogP contribution in [0.1, 0.15) is 58.8 Å². The molecule has 2 unspecified atom stereocenters. The molecule has 258 valence electrons. The number of esters is 2. The van der Waals surface area contributed by atoms with E-state index in [0.29, 0.717) is 12.8 Å². The summed E-state index contributed by atoms with van der Waals surface area (Å²) in [7, 11) is 2.20. The normalized spacial score (nSPS) is 40.2. The standard InChI is InChI=1S/C32H48N2O12/c1-29(42)21(13-15-35)25(38)33-32(29,28(41)45-4)24(37)19-11-8-12-20(17-19)46-16-14-22-26(39)34-31(27(40)44-3,30(22,2)43)23(36)18-9-6-5-7-10-18/h6,8-9,11,18-24,35-37,42-43H,5,7,10,12-17H2,1-4H3,(H,33,38)(H,34,39)/t18-,19-,20?,21+,22+,23?,24+,29+,30+,31+,32+/m1/s1. The van der Waals surface area contributed by atoms with E-state index in [9.17, 15) is 44.7 Å². The number of aliphatic hydroxyl groups is 5. The van der Waals surface area contributed by atoms with Gasteiger partial charge in [-0.1, -0.05) is 24.3 Å². The van der Waals surface area contributed by atoms with Crippen molar-refractivity contribution in [3.8, 4) is 0 Å². The minimum absolute atomic E-state index is 0.0159. The van der Waals surface area contributed by atoms with Crippen molar-refractivity contribution in [3.05, 3.63) is 24.3 Å². The molecule has 0 spiro atoms. The molecule has 2 amide bonds. The molecule has 2 aliphatic heterocycles. The topological polar surface area (TPSA) is 221 Å². The maximum atomic E-state index is 13.2. The Hall–Kier alpha value is -2.88. The van der Waals surface area contributed by atoms with E-state index in [-0.39, 0.29) is 25.9 Å². The number of hydrogen-bond donors (Lipinski definition) is 7. The summed E-state index contributed by atoms with van der Waals surface area (Å²) in [6, 6.07) is 0. The number of methoxy groups -OCH3 is 2. The molecule has 0 radical (unpaired) electrons. The molecule has 4 aliphatic rings. The maximum Gasteiger partial charge on any atom is 0.337 e. The molecule has 14 heteroatoms. The first-order chi connectivity index (χ1) is 21.7. The van der Waals surface area contributed by atoms with Crippen LogP contribution in [0.2, 0.25) is 0 Å². The number of nitrogens with one attached hydrogen (secondary N) is 2. The van der Waals surface area contributed by atoms with E-state index in [1.54, 1.807) is 18.2 Å².